The fourth-order valence-electron chi connectivity index (χ4n) is 1.91. The van der Waals surface area contributed by atoms with Crippen molar-refractivity contribution in [1.82, 2.24) is 14.5 Å². The van der Waals surface area contributed by atoms with Crippen LogP contribution in [-0.4, -0.2) is 24.7 Å². The summed E-state index contributed by atoms with van der Waals surface area (Å²) >= 11 is 0. The van der Waals surface area contributed by atoms with Gasteiger partial charge in [-0.15, -0.1) is 0 Å². The minimum absolute atomic E-state index is 0.117. The molecular weight excluding hydrogens is 300 g/mol. The number of aryl methyl sites for hydroxylation is 1. The molecule has 0 bridgehead atoms. The zero-order valence-electron chi connectivity index (χ0n) is 11.3. The van der Waals surface area contributed by atoms with Crippen molar-refractivity contribution in [2.24, 2.45) is 7.05 Å². The summed E-state index contributed by atoms with van der Waals surface area (Å²) in [6.45, 7) is 0.117. The Kier molecular flexibility index (Phi) is 4.69. The highest BCUT2D eigenvalue weighted by molar-refractivity contribution is 7.89. The predicted molar refractivity (Wildman–Crippen MR) is 73.5 cm³/mol. The maximum absolute atomic E-state index is 12.8. The molecule has 1 aromatic heterocycles. The van der Waals surface area contributed by atoms with Gasteiger partial charge in [-0.2, -0.15) is 5.10 Å². The lowest BCUT2D eigenvalue weighted by atomic mass is 10.2. The first-order valence-corrected chi connectivity index (χ1v) is 7.73. The minimum Gasteiger partial charge on any atom is -0.276 e. The second kappa shape index (κ2) is 6.31. The average Bonchev–Trinajstić information content (AvgIpc) is 2.84. The molecule has 1 heterocycles. The smallest absolute Gasteiger partial charge is 0.265 e. The van der Waals surface area contributed by atoms with Crippen LogP contribution in [0.3, 0.4) is 0 Å². The summed E-state index contributed by atoms with van der Waals surface area (Å²) in [5.74, 6) is 0. The van der Waals surface area contributed by atoms with E-state index >= 15 is 0 Å². The van der Waals surface area contributed by atoms with E-state index in [1.54, 1.807) is 24.1 Å². The summed E-state index contributed by atoms with van der Waals surface area (Å²) in [7, 11) is -2.20. The van der Waals surface area contributed by atoms with Crippen molar-refractivity contribution >= 4 is 10.0 Å². The molecule has 0 spiro atoms. The van der Waals surface area contributed by atoms with Crippen molar-refractivity contribution in [2.45, 2.75) is 17.7 Å². The third-order valence-electron chi connectivity index (χ3n) is 2.91. The van der Waals surface area contributed by atoms with Gasteiger partial charge in [-0.05, 0) is 18.1 Å². The molecule has 2 rings (SSSR count). The number of benzene rings is 1. The Morgan fingerprint density at radius 1 is 1.33 bits per heavy atom. The van der Waals surface area contributed by atoms with Gasteiger partial charge in [-0.25, -0.2) is 21.9 Å². The number of sulfonamides is 1. The van der Waals surface area contributed by atoms with Crippen LogP contribution in [0.1, 0.15) is 17.6 Å². The Balaban J connectivity index is 2.08. The van der Waals surface area contributed by atoms with Crippen LogP contribution in [0, 0.1) is 0 Å². The zero-order valence-corrected chi connectivity index (χ0v) is 12.1. The molecule has 8 heteroatoms. The van der Waals surface area contributed by atoms with E-state index in [1.807, 2.05) is 0 Å². The minimum atomic E-state index is -3.96. The van der Waals surface area contributed by atoms with Crippen LogP contribution in [0.15, 0.2) is 41.6 Å². The second-order valence-corrected chi connectivity index (χ2v) is 6.24. The Bertz CT molecular complexity index is 714. The predicted octanol–water partition coefficient (Wildman–Crippen LogP) is 1.88. The van der Waals surface area contributed by atoms with E-state index in [1.165, 1.54) is 18.2 Å². The summed E-state index contributed by atoms with van der Waals surface area (Å²) in [6.07, 6.45) is 0.989. The lowest BCUT2D eigenvalue weighted by Gasteiger charge is -2.10. The van der Waals surface area contributed by atoms with Gasteiger partial charge >= 0.3 is 0 Å². The molecule has 0 atom stereocenters. The second-order valence-electron chi connectivity index (χ2n) is 4.51. The average molecular weight is 315 g/mol. The highest BCUT2D eigenvalue weighted by Gasteiger charge is 2.22. The normalized spacial score (nSPS) is 12.0. The van der Waals surface area contributed by atoms with Gasteiger partial charge < -0.3 is 0 Å². The van der Waals surface area contributed by atoms with E-state index in [0.29, 0.717) is 6.42 Å². The van der Waals surface area contributed by atoms with Gasteiger partial charge in [-0.3, -0.25) is 4.68 Å². The fourth-order valence-corrected chi connectivity index (χ4v) is 3.17. The number of rotatable bonds is 6. The molecule has 0 aliphatic carbocycles. The van der Waals surface area contributed by atoms with Crippen LogP contribution in [0.2, 0.25) is 0 Å². The zero-order chi connectivity index (χ0) is 15.5. The van der Waals surface area contributed by atoms with Crippen molar-refractivity contribution < 1.29 is 17.2 Å². The molecule has 5 nitrogen and oxygen atoms in total. The summed E-state index contributed by atoms with van der Waals surface area (Å²) < 4.78 is 53.8. The highest BCUT2D eigenvalue weighted by Crippen LogP contribution is 2.25. The molecule has 114 valence electrons. The van der Waals surface area contributed by atoms with Crippen LogP contribution < -0.4 is 4.72 Å². The van der Waals surface area contributed by atoms with Gasteiger partial charge in [0.05, 0.1) is 11.1 Å². The summed E-state index contributed by atoms with van der Waals surface area (Å²) in [4.78, 5) is -0.383. The van der Waals surface area contributed by atoms with Crippen LogP contribution >= 0.6 is 0 Å². The molecule has 0 fully saturated rings. The van der Waals surface area contributed by atoms with Crippen LogP contribution in [-0.2, 0) is 23.5 Å². The molecule has 1 aromatic carbocycles. The third-order valence-corrected chi connectivity index (χ3v) is 4.44. The van der Waals surface area contributed by atoms with Crippen LogP contribution in [0.4, 0.5) is 8.78 Å². The molecule has 0 aliphatic heterocycles. The van der Waals surface area contributed by atoms with Gasteiger partial charge in [0.1, 0.15) is 0 Å². The molecular formula is C13H15F2N3O2S. The van der Waals surface area contributed by atoms with Crippen molar-refractivity contribution in [3.63, 3.8) is 0 Å². The third kappa shape index (κ3) is 3.85. The van der Waals surface area contributed by atoms with Gasteiger partial charge in [0.2, 0.25) is 10.0 Å². The van der Waals surface area contributed by atoms with E-state index in [0.717, 1.165) is 11.6 Å². The number of halogens is 2. The molecule has 0 aliphatic rings. The molecule has 0 unspecified atom stereocenters. The van der Waals surface area contributed by atoms with Crippen molar-refractivity contribution in [3.05, 3.63) is 47.8 Å². The van der Waals surface area contributed by atoms with Crippen molar-refractivity contribution in [2.75, 3.05) is 6.54 Å². The number of hydrogen-bond acceptors (Lipinski definition) is 3. The Hall–Kier alpha value is -1.80. The van der Waals surface area contributed by atoms with E-state index in [9.17, 15) is 17.2 Å². The summed E-state index contributed by atoms with van der Waals surface area (Å²) in [6, 6.07) is 5.09. The first kappa shape index (κ1) is 15.6. The highest BCUT2D eigenvalue weighted by atomic mass is 32.2. The molecule has 0 radical (unpaired) electrons. The number of hydrogen-bond donors (Lipinski definition) is 1. The van der Waals surface area contributed by atoms with E-state index in [-0.39, 0.29) is 11.4 Å². The maximum Gasteiger partial charge on any atom is 0.265 e. The molecule has 1 N–H and O–H groups in total. The Morgan fingerprint density at radius 2 is 2.05 bits per heavy atom. The first-order valence-electron chi connectivity index (χ1n) is 6.24. The van der Waals surface area contributed by atoms with E-state index < -0.39 is 22.0 Å². The first-order chi connectivity index (χ1) is 9.90. The van der Waals surface area contributed by atoms with Crippen LogP contribution in [0.25, 0.3) is 0 Å². The maximum atomic E-state index is 12.8. The fraction of sp³-hybridized carbons (Fsp3) is 0.308. The van der Waals surface area contributed by atoms with Gasteiger partial charge in [0.15, 0.2) is 0 Å². The monoisotopic (exact) mass is 315 g/mol. The van der Waals surface area contributed by atoms with Crippen LogP contribution in [0.5, 0.6) is 0 Å². The number of nitrogens with one attached hydrogen (secondary N) is 1. The Labute approximate surface area is 121 Å². The van der Waals surface area contributed by atoms with Crippen molar-refractivity contribution in [1.29, 1.82) is 0 Å². The van der Waals surface area contributed by atoms with Crippen molar-refractivity contribution in [3.8, 4) is 0 Å². The summed E-state index contributed by atoms with van der Waals surface area (Å²) in [5, 5.41) is 3.97. The lowest BCUT2D eigenvalue weighted by Crippen LogP contribution is -2.27. The Morgan fingerprint density at radius 3 is 2.67 bits per heavy atom. The molecule has 0 saturated carbocycles. The van der Waals surface area contributed by atoms with Gasteiger partial charge in [0, 0.05) is 25.4 Å². The standard InChI is InChI=1S/C13H15F2N3O2S/c1-18-9-10(8-16-18)6-7-17-21(19,20)12-5-3-2-4-11(12)13(14)15/h2-5,8-9,13,17H,6-7H2,1H3. The molecule has 21 heavy (non-hydrogen) atoms. The van der Waals surface area contributed by atoms with Gasteiger partial charge in [-0.1, -0.05) is 18.2 Å². The van der Waals surface area contributed by atoms with Gasteiger partial charge in [0.25, 0.3) is 6.43 Å². The number of nitrogens with zero attached hydrogens (tertiary/aromatic N) is 2. The molecule has 0 saturated heterocycles. The van der Waals surface area contributed by atoms with E-state index in [2.05, 4.69) is 9.82 Å². The lowest BCUT2D eigenvalue weighted by molar-refractivity contribution is 0.148. The molecule has 2 aromatic rings. The number of aromatic nitrogens is 2. The topological polar surface area (TPSA) is 64.0 Å². The quantitative estimate of drug-likeness (QED) is 0.885. The summed E-state index contributed by atoms with van der Waals surface area (Å²) in [5.41, 5.74) is 0.369. The van der Waals surface area contributed by atoms with E-state index in [4.69, 9.17) is 0 Å². The molecule has 0 amide bonds. The number of alkyl halides is 2. The SMILES string of the molecule is Cn1cc(CCNS(=O)(=O)c2ccccc2C(F)F)cn1. The largest absolute Gasteiger partial charge is 0.276 e.